The van der Waals surface area contributed by atoms with Gasteiger partial charge in [-0.3, -0.25) is 39.3 Å². The predicted molar refractivity (Wildman–Crippen MR) is 209 cm³/mol. The Balaban J connectivity index is 0.700. The molecule has 4 amide bonds. The average molecular weight is 731 g/mol. The number of aryl methyl sites for hydroxylation is 1. The summed E-state index contributed by atoms with van der Waals surface area (Å²) in [5, 5.41) is 4.75. The van der Waals surface area contributed by atoms with Crippen molar-refractivity contribution in [3.05, 3.63) is 66.0 Å². The molecule has 12 heteroatoms. The van der Waals surface area contributed by atoms with Crippen LogP contribution in [0.3, 0.4) is 0 Å². The zero-order chi connectivity index (χ0) is 36.9. The molecule has 1 unspecified atom stereocenters. The number of fused-ring (bicyclic) bond motifs is 4. The van der Waals surface area contributed by atoms with Gasteiger partial charge in [0.2, 0.25) is 11.8 Å². The number of hydrogen-bond donors (Lipinski definition) is 1. The smallest absolute Gasteiger partial charge is 0.262 e. The van der Waals surface area contributed by atoms with Crippen LogP contribution in [-0.2, 0) is 16.6 Å². The molecule has 0 bridgehead atoms. The van der Waals surface area contributed by atoms with E-state index in [0.29, 0.717) is 17.0 Å². The first-order valence-corrected chi connectivity index (χ1v) is 19.9. The van der Waals surface area contributed by atoms with Crippen molar-refractivity contribution in [1.29, 1.82) is 0 Å². The molecule has 4 saturated heterocycles. The van der Waals surface area contributed by atoms with Crippen molar-refractivity contribution in [3.63, 3.8) is 0 Å². The highest BCUT2D eigenvalue weighted by molar-refractivity contribution is 6.23. The van der Waals surface area contributed by atoms with E-state index in [1.165, 1.54) is 66.4 Å². The quantitative estimate of drug-likeness (QED) is 0.266. The van der Waals surface area contributed by atoms with Gasteiger partial charge in [-0.2, -0.15) is 0 Å². The lowest BCUT2D eigenvalue weighted by Gasteiger charge is -2.39. The van der Waals surface area contributed by atoms with Crippen molar-refractivity contribution in [3.8, 4) is 0 Å². The van der Waals surface area contributed by atoms with E-state index in [2.05, 4.69) is 65.8 Å². The summed E-state index contributed by atoms with van der Waals surface area (Å²) in [5.74, 6) is -0.385. The molecule has 9 rings (SSSR count). The number of pyridine rings is 1. The molecule has 5 aliphatic rings. The highest BCUT2D eigenvalue weighted by Gasteiger charge is 2.45. The second-order valence-electron chi connectivity index (χ2n) is 16.1. The summed E-state index contributed by atoms with van der Waals surface area (Å²) in [4.78, 5) is 66.1. The monoisotopic (exact) mass is 730 g/mol. The third-order valence-electron chi connectivity index (χ3n) is 13.0. The largest absolute Gasteiger partial charge is 0.371 e. The van der Waals surface area contributed by atoms with Gasteiger partial charge >= 0.3 is 0 Å². The molecule has 1 atom stereocenters. The molecule has 282 valence electrons. The van der Waals surface area contributed by atoms with Crippen LogP contribution in [0.5, 0.6) is 0 Å². The average Bonchev–Trinajstić information content (AvgIpc) is 3.63. The Labute approximate surface area is 316 Å². The predicted octanol–water partition coefficient (Wildman–Crippen LogP) is 4.27. The molecule has 7 heterocycles. The van der Waals surface area contributed by atoms with Gasteiger partial charge in [0.05, 0.1) is 22.2 Å². The van der Waals surface area contributed by atoms with Crippen LogP contribution in [-0.4, -0.2) is 119 Å². The highest BCUT2D eigenvalue weighted by atomic mass is 16.2. The zero-order valence-corrected chi connectivity index (χ0v) is 31.2. The lowest BCUT2D eigenvalue weighted by molar-refractivity contribution is -0.136. The number of benzene rings is 2. The number of aromatic nitrogens is 2. The number of piperazine rings is 1. The minimum atomic E-state index is -0.941. The molecule has 4 aromatic rings. The maximum Gasteiger partial charge on any atom is 0.262 e. The van der Waals surface area contributed by atoms with Crippen molar-refractivity contribution < 1.29 is 19.2 Å². The van der Waals surface area contributed by atoms with Gasteiger partial charge in [0, 0.05) is 93.8 Å². The molecule has 0 spiro atoms. The standard InChI is InChI=1S/C42H50N8O4/c1-45-36-8-14-43-26-35(36)32-4-2-31(25-38(32)45)49-22-20-46(21-23-49)15-9-28-10-16-47(17-11-28)27-29-12-18-48(19-13-29)30-3-5-33-34(24-30)42(54)50(41(33)53)37-6-7-39(51)44-40(37)52/h2-5,8,14,24-26,28-29,37H,6-7,9-13,15-23,27H2,1H3,(H,44,51,52). The fourth-order valence-electron chi connectivity index (χ4n) is 9.69. The Morgan fingerprint density at radius 1 is 0.685 bits per heavy atom. The molecule has 54 heavy (non-hydrogen) atoms. The summed E-state index contributed by atoms with van der Waals surface area (Å²) in [6, 6.07) is 13.5. The molecule has 0 aliphatic carbocycles. The summed E-state index contributed by atoms with van der Waals surface area (Å²) in [5.41, 5.74) is 5.44. The first kappa shape index (κ1) is 34.9. The minimum Gasteiger partial charge on any atom is -0.371 e. The van der Waals surface area contributed by atoms with Gasteiger partial charge in [-0.1, -0.05) is 6.07 Å². The third kappa shape index (κ3) is 6.53. The van der Waals surface area contributed by atoms with E-state index in [1.807, 2.05) is 24.5 Å². The van der Waals surface area contributed by atoms with Crippen molar-refractivity contribution in [2.24, 2.45) is 18.9 Å². The van der Waals surface area contributed by atoms with E-state index in [-0.39, 0.29) is 18.7 Å². The number of piperidine rings is 3. The van der Waals surface area contributed by atoms with Crippen molar-refractivity contribution in [1.82, 2.24) is 29.6 Å². The van der Waals surface area contributed by atoms with E-state index in [4.69, 9.17) is 0 Å². The SMILES string of the molecule is Cn1c2ccncc2c2ccc(N3CCN(CCC4CCN(CC5CCN(c6ccc7c(c6)C(=O)N(C6CCC(=O)NC6=O)C7=O)CC5)CC4)CC3)cc21. The van der Waals surface area contributed by atoms with Crippen molar-refractivity contribution >= 4 is 56.8 Å². The molecule has 1 N–H and O–H groups in total. The number of hydrogen-bond acceptors (Lipinski definition) is 9. The first-order valence-electron chi connectivity index (χ1n) is 19.9. The third-order valence-corrected chi connectivity index (χ3v) is 13.0. The molecule has 0 saturated carbocycles. The number of rotatable bonds is 8. The van der Waals surface area contributed by atoms with Crippen molar-refractivity contribution in [2.45, 2.75) is 51.0 Å². The van der Waals surface area contributed by atoms with Gasteiger partial charge in [-0.15, -0.1) is 0 Å². The van der Waals surface area contributed by atoms with Gasteiger partial charge in [0.25, 0.3) is 11.8 Å². The highest BCUT2D eigenvalue weighted by Crippen LogP contribution is 2.34. The number of nitrogens with one attached hydrogen (secondary N) is 1. The van der Waals surface area contributed by atoms with Gasteiger partial charge in [0.15, 0.2) is 0 Å². The number of anilines is 2. The second kappa shape index (κ2) is 14.4. The molecule has 2 aromatic carbocycles. The molecule has 12 nitrogen and oxygen atoms in total. The van der Waals surface area contributed by atoms with Crippen LogP contribution >= 0.6 is 0 Å². The summed E-state index contributed by atoms with van der Waals surface area (Å²) < 4.78 is 2.29. The summed E-state index contributed by atoms with van der Waals surface area (Å²) in [7, 11) is 2.15. The number of likely N-dealkylation sites (tertiary alicyclic amines) is 1. The second-order valence-corrected chi connectivity index (χ2v) is 16.1. The lowest BCUT2D eigenvalue weighted by Crippen LogP contribution is -2.54. The number of carbonyl (C=O) groups excluding carboxylic acids is 4. The lowest BCUT2D eigenvalue weighted by atomic mass is 9.90. The van der Waals surface area contributed by atoms with Gasteiger partial charge in [0.1, 0.15) is 6.04 Å². The van der Waals surface area contributed by atoms with E-state index < -0.39 is 23.8 Å². The van der Waals surface area contributed by atoms with E-state index in [9.17, 15) is 19.2 Å². The maximum absolute atomic E-state index is 13.3. The maximum atomic E-state index is 13.3. The molecular weight excluding hydrogens is 681 g/mol. The number of amides is 4. The van der Waals surface area contributed by atoms with Crippen LogP contribution < -0.4 is 15.1 Å². The van der Waals surface area contributed by atoms with Gasteiger partial charge < -0.3 is 19.3 Å². The fourth-order valence-corrected chi connectivity index (χ4v) is 9.69. The fraction of sp³-hybridized carbons (Fsp3) is 0.500. The van der Waals surface area contributed by atoms with Crippen LogP contribution in [0, 0.1) is 11.8 Å². The summed E-state index contributed by atoms with van der Waals surface area (Å²) in [6.45, 7) is 11.0. The molecule has 5 aliphatic heterocycles. The van der Waals surface area contributed by atoms with Crippen molar-refractivity contribution in [2.75, 3.05) is 75.2 Å². The van der Waals surface area contributed by atoms with Gasteiger partial charge in [-0.05, 0) is 106 Å². The van der Waals surface area contributed by atoms with Crippen LogP contribution in [0.25, 0.3) is 21.8 Å². The first-order chi connectivity index (χ1) is 26.3. The summed E-state index contributed by atoms with van der Waals surface area (Å²) in [6.07, 6.45) is 10.2. The van der Waals surface area contributed by atoms with E-state index in [0.717, 1.165) is 75.2 Å². The number of carbonyl (C=O) groups is 4. The Morgan fingerprint density at radius 3 is 2.17 bits per heavy atom. The molecule has 0 radical (unpaired) electrons. The summed E-state index contributed by atoms with van der Waals surface area (Å²) >= 11 is 0. The normalized spacial score (nSPS) is 22.5. The van der Waals surface area contributed by atoms with Crippen LogP contribution in [0.1, 0.15) is 65.7 Å². The topological polar surface area (TPSA) is 114 Å². The Morgan fingerprint density at radius 2 is 1.39 bits per heavy atom. The zero-order valence-electron chi connectivity index (χ0n) is 31.2. The van der Waals surface area contributed by atoms with Crippen LogP contribution in [0.15, 0.2) is 54.9 Å². The Kier molecular flexibility index (Phi) is 9.34. The minimum absolute atomic E-state index is 0.117. The van der Waals surface area contributed by atoms with Crippen LogP contribution in [0.2, 0.25) is 0 Å². The Bertz CT molecular complexity index is 2110. The van der Waals surface area contributed by atoms with Crippen LogP contribution in [0.4, 0.5) is 11.4 Å². The molecule has 4 fully saturated rings. The number of nitrogens with zero attached hydrogens (tertiary/aromatic N) is 7. The van der Waals surface area contributed by atoms with E-state index >= 15 is 0 Å². The number of imide groups is 2. The molecular formula is C42H50N8O4. The Hall–Kier alpha value is -4.81. The van der Waals surface area contributed by atoms with E-state index in [1.54, 1.807) is 6.07 Å². The molecule has 2 aromatic heterocycles. The van der Waals surface area contributed by atoms with Gasteiger partial charge in [-0.25, -0.2) is 0 Å².